The first kappa shape index (κ1) is 10.0. The quantitative estimate of drug-likeness (QED) is 0.297. The van der Waals surface area contributed by atoms with Crippen LogP contribution in [0.5, 0.6) is 0 Å². The maximum absolute atomic E-state index is 7.38. The molecule has 0 amide bonds. The normalized spacial score (nSPS) is 10.0. The van der Waals surface area contributed by atoms with Crippen LogP contribution in [0.3, 0.4) is 0 Å². The molecular formula is H6O4STi. The molecule has 0 saturated heterocycles. The SMILES string of the molecule is S.[OH][Ti]([OH])([OH])[OH]. The van der Waals surface area contributed by atoms with Crippen molar-refractivity contribution in [3.05, 3.63) is 0 Å². The first-order valence-electron chi connectivity index (χ1n) is 0.894. The van der Waals surface area contributed by atoms with Gasteiger partial charge in [-0.05, 0) is 0 Å². The molecule has 0 saturated carbocycles. The average molecular weight is 150 g/mol. The van der Waals surface area contributed by atoms with Crippen LogP contribution in [0.2, 0.25) is 0 Å². The molecule has 4 nitrogen and oxygen atoms in total. The van der Waals surface area contributed by atoms with E-state index in [9.17, 15) is 0 Å². The Morgan fingerprint density at radius 1 is 0.833 bits per heavy atom. The summed E-state index contributed by atoms with van der Waals surface area (Å²) < 4.78 is 29.5. The molecule has 40 valence electrons. The van der Waals surface area contributed by atoms with Gasteiger partial charge in [-0.15, -0.1) is 0 Å². The fraction of sp³-hybridized carbons (Fsp3) is 0. The van der Waals surface area contributed by atoms with Crippen molar-refractivity contribution in [2.24, 2.45) is 0 Å². The Morgan fingerprint density at radius 2 is 0.833 bits per heavy atom. The number of hydrogen-bond donors (Lipinski definition) is 4. The van der Waals surface area contributed by atoms with Gasteiger partial charge in [0.05, 0.1) is 0 Å². The fourth-order valence-electron chi connectivity index (χ4n) is 0. The molecular weight excluding hydrogens is 144 g/mol. The van der Waals surface area contributed by atoms with Crippen molar-refractivity contribution in [3.63, 3.8) is 0 Å². The van der Waals surface area contributed by atoms with Gasteiger partial charge in [-0.2, -0.15) is 13.5 Å². The van der Waals surface area contributed by atoms with Crippen LogP contribution in [0.25, 0.3) is 0 Å². The van der Waals surface area contributed by atoms with E-state index < -0.39 is 18.1 Å². The van der Waals surface area contributed by atoms with Crippen LogP contribution < -0.4 is 0 Å². The summed E-state index contributed by atoms with van der Waals surface area (Å²) in [5, 5.41) is 0. The molecule has 0 radical (unpaired) electrons. The summed E-state index contributed by atoms with van der Waals surface area (Å²) in [6, 6.07) is 0. The summed E-state index contributed by atoms with van der Waals surface area (Å²) in [6.45, 7) is 0. The van der Waals surface area contributed by atoms with Gasteiger partial charge in [0.2, 0.25) is 0 Å². The molecule has 0 fully saturated rings. The Hall–Kier alpha value is 0.904. The number of hydrogen-bond acceptors (Lipinski definition) is 4. The summed E-state index contributed by atoms with van der Waals surface area (Å²) in [5.41, 5.74) is 0. The van der Waals surface area contributed by atoms with Crippen LogP contribution in [-0.4, -0.2) is 14.8 Å². The molecule has 0 atom stereocenters. The summed E-state index contributed by atoms with van der Waals surface area (Å²) >= 11 is -5.00. The zero-order chi connectivity index (χ0) is 4.50. The molecule has 0 heterocycles. The van der Waals surface area contributed by atoms with E-state index in [-0.39, 0.29) is 13.5 Å². The first-order valence-corrected chi connectivity index (χ1v) is 3.69. The molecule has 0 aliphatic heterocycles. The van der Waals surface area contributed by atoms with Crippen molar-refractivity contribution in [3.8, 4) is 0 Å². The van der Waals surface area contributed by atoms with Crippen molar-refractivity contribution in [1.82, 2.24) is 0 Å². The van der Waals surface area contributed by atoms with Gasteiger partial charge in [0.1, 0.15) is 0 Å². The molecule has 0 aromatic carbocycles. The van der Waals surface area contributed by atoms with Crippen molar-refractivity contribution in [1.29, 1.82) is 0 Å². The summed E-state index contributed by atoms with van der Waals surface area (Å²) in [5.74, 6) is 0. The van der Waals surface area contributed by atoms with Gasteiger partial charge < -0.3 is 0 Å². The maximum atomic E-state index is 7.38. The Labute approximate surface area is 46.8 Å². The van der Waals surface area contributed by atoms with Crippen molar-refractivity contribution in [2.45, 2.75) is 0 Å². The predicted molar refractivity (Wildman–Crippen MR) is 19.3 cm³/mol. The third-order valence-electron chi connectivity index (χ3n) is 0. The van der Waals surface area contributed by atoms with E-state index in [2.05, 4.69) is 0 Å². The molecule has 0 aliphatic carbocycles. The van der Waals surface area contributed by atoms with Gasteiger partial charge in [-0.25, -0.2) is 0 Å². The first-order chi connectivity index (χ1) is 2.00. The zero-order valence-corrected chi connectivity index (χ0v) is 5.35. The molecule has 0 aliphatic rings. The standard InChI is InChI=1S/4H2O.H2S.Ti/h5*1H2;/q;;;;;+4/p-4. The van der Waals surface area contributed by atoms with Gasteiger partial charge in [-0.3, -0.25) is 0 Å². The zero-order valence-electron chi connectivity index (χ0n) is 2.79. The van der Waals surface area contributed by atoms with Gasteiger partial charge in [0, 0.05) is 0 Å². The molecule has 0 aromatic heterocycles. The average Bonchev–Trinajstić information content (AvgIpc) is 0.722. The molecule has 0 spiro atoms. The monoisotopic (exact) mass is 150 g/mol. The summed E-state index contributed by atoms with van der Waals surface area (Å²) in [6.07, 6.45) is 0. The molecule has 0 unspecified atom stereocenters. The van der Waals surface area contributed by atoms with Crippen molar-refractivity contribution < 1.29 is 32.9 Å². The Morgan fingerprint density at radius 3 is 0.833 bits per heavy atom. The van der Waals surface area contributed by atoms with Gasteiger partial charge >= 0.3 is 32.9 Å². The van der Waals surface area contributed by atoms with Gasteiger partial charge in [0.25, 0.3) is 0 Å². The summed E-state index contributed by atoms with van der Waals surface area (Å²) in [4.78, 5) is 0. The van der Waals surface area contributed by atoms with Crippen LogP contribution in [-0.2, 0) is 18.1 Å². The van der Waals surface area contributed by atoms with E-state index in [1.165, 1.54) is 0 Å². The van der Waals surface area contributed by atoms with Crippen LogP contribution in [0.4, 0.5) is 0 Å². The Bertz CT molecular complexity index is 23.0. The van der Waals surface area contributed by atoms with E-state index in [1.54, 1.807) is 0 Å². The van der Waals surface area contributed by atoms with Crippen LogP contribution in [0.1, 0.15) is 0 Å². The molecule has 0 rings (SSSR count). The third-order valence-corrected chi connectivity index (χ3v) is 0. The van der Waals surface area contributed by atoms with E-state index in [4.69, 9.17) is 14.8 Å². The Balaban J connectivity index is 0. The minimum absolute atomic E-state index is 0. The molecule has 6 heteroatoms. The van der Waals surface area contributed by atoms with Crippen molar-refractivity contribution >= 4 is 13.5 Å². The number of rotatable bonds is 0. The van der Waals surface area contributed by atoms with E-state index in [0.29, 0.717) is 0 Å². The predicted octanol–water partition coefficient (Wildman–Crippen LogP) is -2.12. The van der Waals surface area contributed by atoms with E-state index in [1.807, 2.05) is 0 Å². The van der Waals surface area contributed by atoms with Crippen molar-refractivity contribution in [2.75, 3.05) is 0 Å². The second-order valence-electron chi connectivity index (χ2n) is 0.600. The topological polar surface area (TPSA) is 80.9 Å². The van der Waals surface area contributed by atoms with Crippen LogP contribution in [0, 0.1) is 0 Å². The second-order valence-corrected chi connectivity index (χ2v) is 2.47. The second kappa shape index (κ2) is 2.98. The molecule has 0 aromatic rings. The van der Waals surface area contributed by atoms with Crippen LogP contribution in [0.15, 0.2) is 0 Å². The van der Waals surface area contributed by atoms with E-state index >= 15 is 0 Å². The van der Waals surface area contributed by atoms with Gasteiger partial charge in [0.15, 0.2) is 0 Å². The molecule has 0 bridgehead atoms. The summed E-state index contributed by atoms with van der Waals surface area (Å²) in [7, 11) is 0. The van der Waals surface area contributed by atoms with E-state index in [0.717, 1.165) is 0 Å². The molecule has 4 N–H and O–H groups in total. The van der Waals surface area contributed by atoms with Gasteiger partial charge in [-0.1, -0.05) is 0 Å². The third kappa shape index (κ3) is 91.4. The molecule has 6 heavy (non-hydrogen) atoms. The Kier molecular flexibility index (Phi) is 4.97. The minimum atomic E-state index is -5.00. The fourth-order valence-corrected chi connectivity index (χ4v) is 0. The van der Waals surface area contributed by atoms with Crippen LogP contribution >= 0.6 is 13.5 Å².